The van der Waals surface area contributed by atoms with Crippen molar-refractivity contribution >= 4 is 17.0 Å². The monoisotopic (exact) mass is 178 g/mol. The van der Waals surface area contributed by atoms with E-state index in [-0.39, 0.29) is 0 Å². The van der Waals surface area contributed by atoms with E-state index in [1.165, 1.54) is 0 Å². The molecule has 0 aliphatic rings. The van der Waals surface area contributed by atoms with Gasteiger partial charge in [-0.05, 0) is 19.1 Å². The summed E-state index contributed by atoms with van der Waals surface area (Å²) in [5, 5.41) is 0. The molecule has 13 heavy (non-hydrogen) atoms. The number of aromatic nitrogens is 1. The summed E-state index contributed by atoms with van der Waals surface area (Å²) in [7, 11) is 0. The molecule has 0 amide bonds. The lowest BCUT2D eigenvalue weighted by molar-refractivity contribution is 0.634. The Morgan fingerprint density at radius 2 is 2.08 bits per heavy atom. The highest BCUT2D eigenvalue weighted by Gasteiger charge is 2.06. The van der Waals surface area contributed by atoms with Crippen LogP contribution in [0.2, 0.25) is 0 Å². The van der Waals surface area contributed by atoms with E-state index in [0.717, 1.165) is 16.7 Å². The van der Waals surface area contributed by atoms with Gasteiger partial charge in [-0.15, -0.1) is 0 Å². The summed E-state index contributed by atoms with van der Waals surface area (Å²) in [6.07, 6.45) is 1.73. The van der Waals surface area contributed by atoms with Gasteiger partial charge in [-0.25, -0.2) is 0 Å². The maximum atomic E-state index is 5.55. The summed E-state index contributed by atoms with van der Waals surface area (Å²) < 4.78 is 5.21. The number of aryl methyl sites for hydroxylation is 1. The van der Waals surface area contributed by atoms with Crippen molar-refractivity contribution in [2.24, 2.45) is 0 Å². The lowest BCUT2D eigenvalue weighted by Gasteiger charge is -1.84. The average molecular weight is 178 g/mol. The normalized spacial score (nSPS) is 9.46. The molecule has 3 nitrogen and oxygen atoms in total. The number of nitrogens with two attached hydrogens (primary N) is 1. The van der Waals surface area contributed by atoms with E-state index in [1.807, 2.05) is 32.9 Å². The smallest absolute Gasteiger partial charge is 0.196 e. The Balaban J connectivity index is 0.000000396. The summed E-state index contributed by atoms with van der Waals surface area (Å²) in [5.41, 5.74) is 8.07. The van der Waals surface area contributed by atoms with Crippen LogP contribution in [0.1, 0.15) is 19.4 Å². The number of hydrogen-bond acceptors (Lipinski definition) is 3. The molecule has 0 saturated carbocycles. The SMILES string of the molecule is CC.Cc1c(N)oc2cccnc12. The van der Waals surface area contributed by atoms with E-state index < -0.39 is 0 Å². The van der Waals surface area contributed by atoms with Crippen molar-refractivity contribution < 1.29 is 4.42 Å². The standard InChI is InChI=1S/C8H8N2O.C2H6/c1-5-7-6(11-8(5)9)3-2-4-10-7;1-2/h2-4H,9H2,1H3;1-2H3. The highest BCUT2D eigenvalue weighted by atomic mass is 16.3. The molecule has 0 radical (unpaired) electrons. The van der Waals surface area contributed by atoms with Crippen molar-refractivity contribution in [3.63, 3.8) is 0 Å². The zero-order valence-corrected chi connectivity index (χ0v) is 8.16. The quantitative estimate of drug-likeness (QED) is 0.674. The van der Waals surface area contributed by atoms with Crippen LogP contribution in [0.15, 0.2) is 22.7 Å². The maximum Gasteiger partial charge on any atom is 0.196 e. The first-order valence-electron chi connectivity index (χ1n) is 4.38. The van der Waals surface area contributed by atoms with Crippen LogP contribution < -0.4 is 5.73 Å². The highest BCUT2D eigenvalue weighted by molar-refractivity contribution is 5.80. The van der Waals surface area contributed by atoms with Gasteiger partial charge in [0.05, 0.1) is 0 Å². The second kappa shape index (κ2) is 3.94. The minimum Gasteiger partial charge on any atom is -0.439 e. The molecule has 2 aromatic rings. The van der Waals surface area contributed by atoms with Crippen LogP contribution in [-0.4, -0.2) is 4.98 Å². The number of anilines is 1. The fourth-order valence-corrected chi connectivity index (χ4v) is 1.07. The molecular formula is C10H14N2O. The molecule has 2 rings (SSSR count). The van der Waals surface area contributed by atoms with Crippen LogP contribution in [0.25, 0.3) is 11.1 Å². The van der Waals surface area contributed by atoms with Crippen LogP contribution >= 0.6 is 0 Å². The van der Waals surface area contributed by atoms with E-state index >= 15 is 0 Å². The van der Waals surface area contributed by atoms with Crippen LogP contribution in [0, 0.1) is 6.92 Å². The predicted molar refractivity (Wildman–Crippen MR) is 54.5 cm³/mol. The molecule has 0 aliphatic heterocycles. The second-order valence-corrected chi connectivity index (χ2v) is 2.44. The first-order valence-corrected chi connectivity index (χ1v) is 4.38. The second-order valence-electron chi connectivity index (χ2n) is 2.44. The minimum atomic E-state index is 0.457. The van der Waals surface area contributed by atoms with E-state index in [4.69, 9.17) is 10.2 Å². The molecule has 0 fully saturated rings. The molecule has 3 heteroatoms. The van der Waals surface area contributed by atoms with Gasteiger partial charge in [-0.1, -0.05) is 13.8 Å². The van der Waals surface area contributed by atoms with Gasteiger partial charge in [0, 0.05) is 11.8 Å². The maximum absolute atomic E-state index is 5.55. The number of furan rings is 1. The summed E-state index contributed by atoms with van der Waals surface area (Å²) in [5.74, 6) is 0.457. The fraction of sp³-hybridized carbons (Fsp3) is 0.300. The summed E-state index contributed by atoms with van der Waals surface area (Å²) in [6.45, 7) is 5.90. The van der Waals surface area contributed by atoms with Crippen molar-refractivity contribution in [3.8, 4) is 0 Å². The summed E-state index contributed by atoms with van der Waals surface area (Å²) >= 11 is 0. The largest absolute Gasteiger partial charge is 0.439 e. The molecule has 0 spiro atoms. The number of nitrogen functional groups attached to an aromatic ring is 1. The Hall–Kier alpha value is -1.51. The summed E-state index contributed by atoms with van der Waals surface area (Å²) in [6, 6.07) is 3.68. The molecule has 0 aliphatic carbocycles. The van der Waals surface area contributed by atoms with Crippen molar-refractivity contribution in [1.82, 2.24) is 4.98 Å². The van der Waals surface area contributed by atoms with E-state index in [9.17, 15) is 0 Å². The van der Waals surface area contributed by atoms with Crippen LogP contribution in [0.4, 0.5) is 5.88 Å². The molecular weight excluding hydrogens is 164 g/mol. The van der Waals surface area contributed by atoms with Crippen molar-refractivity contribution in [2.45, 2.75) is 20.8 Å². The van der Waals surface area contributed by atoms with Crippen molar-refractivity contribution in [1.29, 1.82) is 0 Å². The molecule has 2 heterocycles. The first kappa shape index (κ1) is 9.58. The van der Waals surface area contributed by atoms with Gasteiger partial charge in [0.25, 0.3) is 0 Å². The third-order valence-corrected chi connectivity index (χ3v) is 1.72. The zero-order chi connectivity index (χ0) is 9.84. The van der Waals surface area contributed by atoms with E-state index in [2.05, 4.69) is 4.98 Å². The van der Waals surface area contributed by atoms with Gasteiger partial charge < -0.3 is 10.2 Å². The van der Waals surface area contributed by atoms with E-state index in [0.29, 0.717) is 5.88 Å². The molecule has 70 valence electrons. The average Bonchev–Trinajstić information content (AvgIpc) is 2.47. The highest BCUT2D eigenvalue weighted by Crippen LogP contribution is 2.23. The Labute approximate surface area is 77.6 Å². The van der Waals surface area contributed by atoms with Gasteiger partial charge in [0.1, 0.15) is 5.52 Å². The number of hydrogen-bond donors (Lipinski definition) is 1. The molecule has 0 aromatic carbocycles. The van der Waals surface area contributed by atoms with E-state index in [1.54, 1.807) is 6.20 Å². The van der Waals surface area contributed by atoms with Gasteiger partial charge in [-0.3, -0.25) is 4.98 Å². The Morgan fingerprint density at radius 1 is 1.38 bits per heavy atom. The Bertz CT molecular complexity index is 393. The lowest BCUT2D eigenvalue weighted by Crippen LogP contribution is -1.82. The number of nitrogens with zero attached hydrogens (tertiary/aromatic N) is 1. The molecule has 0 bridgehead atoms. The van der Waals surface area contributed by atoms with Gasteiger partial charge >= 0.3 is 0 Å². The fourth-order valence-electron chi connectivity index (χ4n) is 1.07. The van der Waals surface area contributed by atoms with Crippen LogP contribution in [0.5, 0.6) is 0 Å². The van der Waals surface area contributed by atoms with Crippen LogP contribution in [0.3, 0.4) is 0 Å². The predicted octanol–water partition coefficient (Wildman–Crippen LogP) is 2.74. The number of pyridine rings is 1. The van der Waals surface area contributed by atoms with Gasteiger partial charge in [0.15, 0.2) is 11.5 Å². The first-order chi connectivity index (χ1) is 6.29. The summed E-state index contributed by atoms with van der Waals surface area (Å²) in [4.78, 5) is 4.13. The minimum absolute atomic E-state index is 0.457. The molecule has 0 atom stereocenters. The van der Waals surface area contributed by atoms with Gasteiger partial charge in [-0.2, -0.15) is 0 Å². The van der Waals surface area contributed by atoms with Crippen LogP contribution in [-0.2, 0) is 0 Å². The Morgan fingerprint density at radius 3 is 2.69 bits per heavy atom. The molecule has 0 unspecified atom stereocenters. The Kier molecular flexibility index (Phi) is 2.90. The molecule has 2 N–H and O–H groups in total. The van der Waals surface area contributed by atoms with Gasteiger partial charge in [0.2, 0.25) is 0 Å². The number of rotatable bonds is 0. The number of fused-ring (bicyclic) bond motifs is 1. The lowest BCUT2D eigenvalue weighted by atomic mass is 10.3. The van der Waals surface area contributed by atoms with Crippen molar-refractivity contribution in [3.05, 3.63) is 23.9 Å². The zero-order valence-electron chi connectivity index (χ0n) is 8.16. The third kappa shape index (κ3) is 1.64. The molecule has 2 aromatic heterocycles. The topological polar surface area (TPSA) is 52.0 Å². The van der Waals surface area contributed by atoms with Crippen molar-refractivity contribution in [2.75, 3.05) is 5.73 Å². The third-order valence-electron chi connectivity index (χ3n) is 1.72. The molecule has 0 saturated heterocycles.